The summed E-state index contributed by atoms with van der Waals surface area (Å²) in [4.78, 5) is 24.5. The molecule has 1 heterocycles. The van der Waals surface area contributed by atoms with Gasteiger partial charge in [0.2, 0.25) is 5.91 Å². The van der Waals surface area contributed by atoms with E-state index in [1.54, 1.807) is 18.9 Å². The van der Waals surface area contributed by atoms with Crippen LogP contribution in [0, 0.1) is 5.41 Å². The van der Waals surface area contributed by atoms with Crippen LogP contribution in [0.3, 0.4) is 0 Å². The summed E-state index contributed by atoms with van der Waals surface area (Å²) in [5, 5.41) is 2.45. The van der Waals surface area contributed by atoms with Crippen LogP contribution in [0.1, 0.15) is 13.8 Å². The fourth-order valence-corrected chi connectivity index (χ4v) is 1.82. The number of hydrogen-bond donors (Lipinski definition) is 1. The Kier molecular flexibility index (Phi) is 4.34. The number of alkyl carbamates (subject to hydrolysis) is 1. The highest BCUT2D eigenvalue weighted by atomic mass is 16.5. The highest BCUT2D eigenvalue weighted by molar-refractivity contribution is 5.85. The molecule has 0 aliphatic carbocycles. The Morgan fingerprint density at radius 1 is 1.53 bits per heavy atom. The van der Waals surface area contributed by atoms with Crippen LogP contribution in [0.15, 0.2) is 0 Å². The molecule has 6 heteroatoms. The Morgan fingerprint density at radius 3 is 2.53 bits per heavy atom. The monoisotopic (exact) mass is 244 g/mol. The second-order valence-corrected chi connectivity index (χ2v) is 4.86. The summed E-state index contributed by atoms with van der Waals surface area (Å²) in [5.74, 6) is -0.136. The van der Waals surface area contributed by atoms with Gasteiger partial charge in [0.25, 0.3) is 0 Å². The van der Waals surface area contributed by atoms with Crippen molar-refractivity contribution in [1.29, 1.82) is 0 Å². The maximum Gasteiger partial charge on any atom is 0.407 e. The Hall–Kier alpha value is -1.30. The first-order chi connectivity index (χ1) is 7.88. The standard InChI is InChI=1S/C11H20N2O4/c1-8(12-10(15)16-4)9(14)13(3)5-11(2)6-17-7-11/h8H,5-7H2,1-4H3,(H,12,15)/t8-/m0/s1. The number of hydrogen-bond acceptors (Lipinski definition) is 4. The maximum atomic E-state index is 11.9. The van der Waals surface area contributed by atoms with E-state index in [0.717, 1.165) is 0 Å². The first kappa shape index (κ1) is 13.8. The minimum Gasteiger partial charge on any atom is -0.453 e. The van der Waals surface area contributed by atoms with Crippen molar-refractivity contribution in [3.8, 4) is 0 Å². The van der Waals surface area contributed by atoms with Crippen molar-refractivity contribution in [3.63, 3.8) is 0 Å². The molecular weight excluding hydrogens is 224 g/mol. The molecule has 2 amide bonds. The largest absolute Gasteiger partial charge is 0.453 e. The van der Waals surface area contributed by atoms with Crippen LogP contribution in [0.5, 0.6) is 0 Å². The number of nitrogens with one attached hydrogen (secondary N) is 1. The SMILES string of the molecule is COC(=O)N[C@@H](C)C(=O)N(C)CC1(C)COC1. The van der Waals surface area contributed by atoms with Gasteiger partial charge in [0.15, 0.2) is 0 Å². The molecule has 17 heavy (non-hydrogen) atoms. The van der Waals surface area contributed by atoms with E-state index < -0.39 is 12.1 Å². The van der Waals surface area contributed by atoms with Gasteiger partial charge in [-0.1, -0.05) is 6.92 Å². The highest BCUT2D eigenvalue weighted by Gasteiger charge is 2.36. The first-order valence-electron chi connectivity index (χ1n) is 5.55. The van der Waals surface area contributed by atoms with Crippen molar-refractivity contribution in [1.82, 2.24) is 10.2 Å². The van der Waals surface area contributed by atoms with Crippen LogP contribution >= 0.6 is 0 Å². The van der Waals surface area contributed by atoms with E-state index >= 15 is 0 Å². The number of carbonyl (C=O) groups is 2. The van der Waals surface area contributed by atoms with Crippen molar-refractivity contribution in [2.24, 2.45) is 5.41 Å². The quantitative estimate of drug-likeness (QED) is 0.768. The number of likely N-dealkylation sites (N-methyl/N-ethyl adjacent to an activating group) is 1. The van der Waals surface area contributed by atoms with Crippen molar-refractivity contribution >= 4 is 12.0 Å². The van der Waals surface area contributed by atoms with Gasteiger partial charge in [-0.05, 0) is 6.92 Å². The predicted octanol–water partition coefficient (Wildman–Crippen LogP) is 0.226. The van der Waals surface area contributed by atoms with Crippen LogP contribution in [0.25, 0.3) is 0 Å². The van der Waals surface area contributed by atoms with Gasteiger partial charge in [0.05, 0.1) is 20.3 Å². The van der Waals surface area contributed by atoms with Crippen LogP contribution in [-0.2, 0) is 14.3 Å². The molecule has 0 radical (unpaired) electrons. The fourth-order valence-electron chi connectivity index (χ4n) is 1.82. The minimum absolute atomic E-state index is 0.0371. The second-order valence-electron chi connectivity index (χ2n) is 4.86. The number of ether oxygens (including phenoxy) is 2. The van der Waals surface area contributed by atoms with Gasteiger partial charge in [-0.2, -0.15) is 0 Å². The van der Waals surface area contributed by atoms with E-state index in [4.69, 9.17) is 4.74 Å². The van der Waals surface area contributed by atoms with Crippen molar-refractivity contribution < 1.29 is 19.1 Å². The molecule has 1 rings (SSSR count). The third-order valence-corrected chi connectivity index (χ3v) is 2.79. The Bertz CT molecular complexity index is 302. The van der Waals surface area contributed by atoms with Crippen LogP contribution in [0.4, 0.5) is 4.79 Å². The maximum absolute atomic E-state index is 11.9. The first-order valence-corrected chi connectivity index (χ1v) is 5.55. The van der Waals surface area contributed by atoms with Gasteiger partial charge in [-0.3, -0.25) is 4.79 Å². The number of carbonyl (C=O) groups excluding carboxylic acids is 2. The minimum atomic E-state index is -0.600. The molecule has 1 saturated heterocycles. The normalized spacial score (nSPS) is 18.8. The lowest BCUT2D eigenvalue weighted by Crippen LogP contribution is -2.53. The average molecular weight is 244 g/mol. The van der Waals surface area contributed by atoms with E-state index in [1.807, 2.05) is 0 Å². The van der Waals surface area contributed by atoms with Gasteiger partial charge in [-0.25, -0.2) is 4.79 Å². The highest BCUT2D eigenvalue weighted by Crippen LogP contribution is 2.27. The van der Waals surface area contributed by atoms with Gasteiger partial charge < -0.3 is 19.7 Å². The van der Waals surface area contributed by atoms with Gasteiger partial charge in [0.1, 0.15) is 6.04 Å². The lowest BCUT2D eigenvalue weighted by Gasteiger charge is -2.41. The Balaban J connectivity index is 2.42. The van der Waals surface area contributed by atoms with Gasteiger partial charge >= 0.3 is 6.09 Å². The number of methoxy groups -OCH3 is 1. The van der Waals surface area contributed by atoms with Gasteiger partial charge in [-0.15, -0.1) is 0 Å². The summed E-state index contributed by atoms with van der Waals surface area (Å²) < 4.78 is 9.58. The molecule has 0 aromatic rings. The zero-order valence-electron chi connectivity index (χ0n) is 10.8. The third-order valence-electron chi connectivity index (χ3n) is 2.79. The summed E-state index contributed by atoms with van der Waals surface area (Å²) in [7, 11) is 2.99. The smallest absolute Gasteiger partial charge is 0.407 e. The van der Waals surface area contributed by atoms with Crippen molar-refractivity contribution in [3.05, 3.63) is 0 Å². The molecule has 0 saturated carbocycles. The zero-order valence-corrected chi connectivity index (χ0v) is 10.8. The molecule has 6 nitrogen and oxygen atoms in total. The van der Waals surface area contributed by atoms with E-state index in [0.29, 0.717) is 19.8 Å². The average Bonchev–Trinajstić information content (AvgIpc) is 2.25. The molecule has 0 aromatic heterocycles. The van der Waals surface area contributed by atoms with Crippen LogP contribution in [0.2, 0.25) is 0 Å². The molecule has 98 valence electrons. The summed E-state index contributed by atoms with van der Waals surface area (Å²) in [6, 6.07) is -0.586. The molecule has 0 unspecified atom stereocenters. The predicted molar refractivity (Wildman–Crippen MR) is 61.6 cm³/mol. The molecule has 0 aromatic carbocycles. The van der Waals surface area contributed by atoms with E-state index in [-0.39, 0.29) is 11.3 Å². The molecule has 1 aliphatic rings. The number of rotatable bonds is 4. The lowest BCUT2D eigenvalue weighted by atomic mass is 9.88. The third kappa shape index (κ3) is 3.59. The fraction of sp³-hybridized carbons (Fsp3) is 0.818. The Labute approximate surface area is 101 Å². The summed E-state index contributed by atoms with van der Waals surface area (Å²) in [6.07, 6.45) is -0.600. The summed E-state index contributed by atoms with van der Waals surface area (Å²) >= 11 is 0. The summed E-state index contributed by atoms with van der Waals surface area (Å²) in [5.41, 5.74) is 0.0371. The Morgan fingerprint density at radius 2 is 2.12 bits per heavy atom. The summed E-state index contributed by atoms with van der Waals surface area (Å²) in [6.45, 7) is 5.67. The topological polar surface area (TPSA) is 67.9 Å². The van der Waals surface area contributed by atoms with E-state index in [2.05, 4.69) is 17.0 Å². The molecule has 0 spiro atoms. The van der Waals surface area contributed by atoms with E-state index in [1.165, 1.54) is 7.11 Å². The van der Waals surface area contributed by atoms with Crippen molar-refractivity contribution in [2.75, 3.05) is 33.9 Å². The lowest BCUT2D eigenvalue weighted by molar-refractivity contribution is -0.143. The second kappa shape index (κ2) is 5.35. The van der Waals surface area contributed by atoms with Gasteiger partial charge in [0, 0.05) is 19.0 Å². The molecule has 1 fully saturated rings. The number of amides is 2. The van der Waals surface area contributed by atoms with Crippen molar-refractivity contribution in [2.45, 2.75) is 19.9 Å². The molecule has 1 atom stereocenters. The zero-order chi connectivity index (χ0) is 13.1. The molecular formula is C11H20N2O4. The molecule has 0 bridgehead atoms. The molecule has 1 N–H and O–H groups in total. The van der Waals surface area contributed by atoms with Crippen LogP contribution in [-0.4, -0.2) is 56.9 Å². The molecule has 1 aliphatic heterocycles. The number of nitrogens with zero attached hydrogens (tertiary/aromatic N) is 1. The van der Waals surface area contributed by atoms with E-state index in [9.17, 15) is 9.59 Å². The van der Waals surface area contributed by atoms with Crippen LogP contribution < -0.4 is 5.32 Å².